The third kappa shape index (κ3) is 4.65. The fraction of sp³-hybridized carbons (Fsp3) is 0.222. The molecule has 6 heteroatoms. The molecule has 0 bridgehead atoms. The Bertz CT molecular complexity index is 602. The Morgan fingerprint density at radius 1 is 0.708 bits per heavy atom. The van der Waals surface area contributed by atoms with Gasteiger partial charge in [0, 0.05) is 0 Å². The first-order valence-electron chi connectivity index (χ1n) is 7.58. The first-order valence-corrected chi connectivity index (χ1v) is 7.58. The third-order valence-corrected chi connectivity index (χ3v) is 3.59. The normalized spacial score (nSPS) is 12.9. The van der Waals surface area contributed by atoms with Crippen molar-refractivity contribution in [2.45, 2.75) is 12.1 Å². The molecule has 0 saturated carbocycles. The van der Waals surface area contributed by atoms with Crippen LogP contribution in [-0.4, -0.2) is 35.2 Å². The smallest absolute Gasteiger partial charge is 0.309 e. The molecule has 0 radical (unpaired) electrons. The summed E-state index contributed by atoms with van der Waals surface area (Å²) in [5.74, 6) is -1.74. The van der Waals surface area contributed by atoms with E-state index in [-0.39, 0.29) is 13.2 Å². The summed E-state index contributed by atoms with van der Waals surface area (Å²) in [6, 6.07) is 16.4. The molecule has 2 aromatic rings. The minimum atomic E-state index is -0.868. The number of benzene rings is 2. The molecule has 0 saturated heterocycles. The van der Waals surface area contributed by atoms with Crippen LogP contribution in [0.3, 0.4) is 0 Å². The van der Waals surface area contributed by atoms with Gasteiger partial charge in [-0.05, 0) is 11.1 Å². The summed E-state index contributed by atoms with van der Waals surface area (Å²) in [6.07, 6.45) is 0. The van der Waals surface area contributed by atoms with Gasteiger partial charge in [-0.25, -0.2) is 0 Å². The number of hydrogen-bond donors (Lipinski definition) is 4. The van der Waals surface area contributed by atoms with E-state index in [2.05, 4.69) is 10.6 Å². The largest absolute Gasteiger partial charge is 0.394 e. The van der Waals surface area contributed by atoms with Gasteiger partial charge >= 0.3 is 11.8 Å². The van der Waals surface area contributed by atoms with Crippen molar-refractivity contribution >= 4 is 11.8 Å². The SMILES string of the molecule is O=C(N[C@H](CO)c1ccccc1)C(=O)N[C@H](CO)c1ccccc1. The van der Waals surface area contributed by atoms with E-state index in [1.807, 2.05) is 12.1 Å². The predicted octanol–water partition coefficient (Wildman–Crippen LogP) is 0.686. The molecule has 0 aromatic heterocycles. The summed E-state index contributed by atoms with van der Waals surface area (Å²) in [5.41, 5.74) is 1.39. The van der Waals surface area contributed by atoms with Crippen molar-refractivity contribution in [2.75, 3.05) is 13.2 Å². The number of hydrogen-bond acceptors (Lipinski definition) is 4. The van der Waals surface area contributed by atoms with Gasteiger partial charge in [0.05, 0.1) is 25.3 Å². The zero-order valence-corrected chi connectivity index (χ0v) is 13.1. The Kier molecular flexibility index (Phi) is 6.48. The van der Waals surface area contributed by atoms with Crippen LogP contribution >= 0.6 is 0 Å². The van der Waals surface area contributed by atoms with E-state index in [1.165, 1.54) is 0 Å². The second kappa shape index (κ2) is 8.81. The Balaban J connectivity index is 1.99. The minimum absolute atomic E-state index is 0.328. The number of carbonyl (C=O) groups excluding carboxylic acids is 2. The van der Waals surface area contributed by atoms with Crippen LogP contribution < -0.4 is 10.6 Å². The van der Waals surface area contributed by atoms with Gasteiger partial charge < -0.3 is 20.8 Å². The molecule has 0 aliphatic heterocycles. The van der Waals surface area contributed by atoms with Crippen LogP contribution in [0.15, 0.2) is 60.7 Å². The minimum Gasteiger partial charge on any atom is -0.394 e. The first kappa shape index (κ1) is 17.7. The fourth-order valence-corrected chi connectivity index (χ4v) is 2.29. The lowest BCUT2D eigenvalue weighted by Crippen LogP contribution is -2.44. The van der Waals surface area contributed by atoms with E-state index >= 15 is 0 Å². The Morgan fingerprint density at radius 2 is 1.04 bits per heavy atom. The van der Waals surface area contributed by atoms with Crippen LogP contribution in [0.2, 0.25) is 0 Å². The van der Waals surface area contributed by atoms with E-state index in [9.17, 15) is 19.8 Å². The molecular formula is C18H20N2O4. The molecule has 0 aliphatic carbocycles. The Hall–Kier alpha value is -2.70. The fourth-order valence-electron chi connectivity index (χ4n) is 2.29. The maximum Gasteiger partial charge on any atom is 0.309 e. The predicted molar refractivity (Wildman–Crippen MR) is 88.8 cm³/mol. The van der Waals surface area contributed by atoms with Crippen molar-refractivity contribution in [1.82, 2.24) is 10.6 Å². The number of amides is 2. The highest BCUT2D eigenvalue weighted by Gasteiger charge is 2.22. The molecule has 126 valence electrons. The Labute approximate surface area is 140 Å². The van der Waals surface area contributed by atoms with E-state index in [0.29, 0.717) is 11.1 Å². The Morgan fingerprint density at radius 3 is 1.33 bits per heavy atom. The van der Waals surface area contributed by atoms with Gasteiger partial charge in [0.1, 0.15) is 0 Å². The summed E-state index contributed by atoms with van der Waals surface area (Å²) < 4.78 is 0. The zero-order chi connectivity index (χ0) is 17.4. The molecule has 2 atom stereocenters. The summed E-state index contributed by atoms with van der Waals surface area (Å²) in [7, 11) is 0. The molecule has 0 aliphatic rings. The number of nitrogens with one attached hydrogen (secondary N) is 2. The van der Waals surface area contributed by atoms with Crippen LogP contribution in [0.5, 0.6) is 0 Å². The molecule has 0 unspecified atom stereocenters. The molecule has 2 aromatic carbocycles. The van der Waals surface area contributed by atoms with E-state index in [4.69, 9.17) is 0 Å². The standard InChI is InChI=1S/C18H20N2O4/c21-11-15(13-7-3-1-4-8-13)19-17(23)18(24)20-16(12-22)14-9-5-2-6-10-14/h1-10,15-16,21-22H,11-12H2,(H,19,23)(H,20,24)/t15-,16-/m1/s1. The van der Waals surface area contributed by atoms with E-state index in [1.54, 1.807) is 48.5 Å². The monoisotopic (exact) mass is 328 g/mol. The van der Waals surface area contributed by atoms with Crippen molar-refractivity contribution in [3.63, 3.8) is 0 Å². The van der Waals surface area contributed by atoms with Gasteiger partial charge in [-0.3, -0.25) is 9.59 Å². The van der Waals surface area contributed by atoms with Crippen LogP contribution in [-0.2, 0) is 9.59 Å². The average molecular weight is 328 g/mol. The molecule has 0 fully saturated rings. The van der Waals surface area contributed by atoms with Gasteiger partial charge in [0.15, 0.2) is 0 Å². The first-order chi connectivity index (χ1) is 11.7. The molecule has 0 heterocycles. The molecular weight excluding hydrogens is 308 g/mol. The highest BCUT2D eigenvalue weighted by molar-refractivity contribution is 6.35. The van der Waals surface area contributed by atoms with Gasteiger partial charge in [0.25, 0.3) is 0 Å². The van der Waals surface area contributed by atoms with Gasteiger partial charge in [-0.2, -0.15) is 0 Å². The van der Waals surface area contributed by atoms with Gasteiger partial charge in [0.2, 0.25) is 0 Å². The molecule has 0 spiro atoms. The topological polar surface area (TPSA) is 98.7 Å². The highest BCUT2D eigenvalue weighted by Crippen LogP contribution is 2.13. The molecule has 6 nitrogen and oxygen atoms in total. The highest BCUT2D eigenvalue weighted by atomic mass is 16.3. The van der Waals surface area contributed by atoms with Gasteiger partial charge in [-0.15, -0.1) is 0 Å². The van der Waals surface area contributed by atoms with Crippen molar-refractivity contribution < 1.29 is 19.8 Å². The van der Waals surface area contributed by atoms with Crippen molar-refractivity contribution in [3.8, 4) is 0 Å². The molecule has 4 N–H and O–H groups in total. The molecule has 2 rings (SSSR count). The number of aliphatic hydroxyl groups is 2. The summed E-state index contributed by atoms with van der Waals surface area (Å²) in [5, 5.41) is 23.8. The lowest BCUT2D eigenvalue weighted by atomic mass is 10.1. The maximum absolute atomic E-state index is 12.1. The second-order valence-electron chi connectivity index (χ2n) is 5.24. The van der Waals surface area contributed by atoms with E-state index < -0.39 is 23.9 Å². The molecule has 24 heavy (non-hydrogen) atoms. The lowest BCUT2D eigenvalue weighted by molar-refractivity contribution is -0.140. The van der Waals surface area contributed by atoms with Crippen molar-refractivity contribution in [2.24, 2.45) is 0 Å². The van der Waals surface area contributed by atoms with Crippen LogP contribution in [0.25, 0.3) is 0 Å². The third-order valence-electron chi connectivity index (χ3n) is 3.59. The second-order valence-corrected chi connectivity index (χ2v) is 5.24. The summed E-state index contributed by atoms with van der Waals surface area (Å²) in [4.78, 5) is 24.1. The van der Waals surface area contributed by atoms with Crippen LogP contribution in [0, 0.1) is 0 Å². The quantitative estimate of drug-likeness (QED) is 0.586. The molecule has 2 amide bonds. The van der Waals surface area contributed by atoms with E-state index in [0.717, 1.165) is 0 Å². The zero-order valence-electron chi connectivity index (χ0n) is 13.1. The van der Waals surface area contributed by atoms with Crippen molar-refractivity contribution in [1.29, 1.82) is 0 Å². The summed E-state index contributed by atoms with van der Waals surface area (Å²) in [6.45, 7) is -0.656. The van der Waals surface area contributed by atoms with Crippen LogP contribution in [0.4, 0.5) is 0 Å². The number of rotatable bonds is 6. The van der Waals surface area contributed by atoms with Crippen LogP contribution in [0.1, 0.15) is 23.2 Å². The number of aliphatic hydroxyl groups excluding tert-OH is 2. The average Bonchev–Trinajstić information content (AvgIpc) is 2.65. The number of carbonyl (C=O) groups is 2. The maximum atomic E-state index is 12.1. The van der Waals surface area contributed by atoms with Crippen molar-refractivity contribution in [3.05, 3.63) is 71.8 Å². The van der Waals surface area contributed by atoms with Gasteiger partial charge in [-0.1, -0.05) is 60.7 Å². The lowest BCUT2D eigenvalue weighted by Gasteiger charge is -2.19. The summed E-state index contributed by atoms with van der Waals surface area (Å²) >= 11 is 0.